The van der Waals surface area contributed by atoms with Crippen molar-refractivity contribution in [3.8, 4) is 0 Å². The highest BCUT2D eigenvalue weighted by molar-refractivity contribution is 5.81. The Hall–Kier alpha value is -0.730. The van der Waals surface area contributed by atoms with E-state index in [0.29, 0.717) is 0 Å². The Morgan fingerprint density at radius 2 is 2.06 bits per heavy atom. The standard InChI is InChI=1S/C14H25N3/c1-10-3-4-11(2)14(7-10)9-16-13(15)17(14)8-12-5-6-12/h10-12H,3-9H2,1-2H3,(H2,15,16). The summed E-state index contributed by atoms with van der Waals surface area (Å²) >= 11 is 0. The molecule has 3 heteroatoms. The third-order valence-electron chi connectivity index (χ3n) is 5.18. The van der Waals surface area contributed by atoms with E-state index in [2.05, 4.69) is 23.7 Å². The molecule has 0 aromatic heterocycles. The van der Waals surface area contributed by atoms with Gasteiger partial charge in [0.2, 0.25) is 0 Å². The van der Waals surface area contributed by atoms with E-state index < -0.39 is 0 Å². The van der Waals surface area contributed by atoms with Crippen LogP contribution in [0, 0.1) is 17.8 Å². The molecule has 3 aliphatic rings. The molecule has 3 nitrogen and oxygen atoms in total. The van der Waals surface area contributed by atoms with Crippen molar-refractivity contribution in [3.05, 3.63) is 0 Å². The highest BCUT2D eigenvalue weighted by Crippen LogP contribution is 2.45. The van der Waals surface area contributed by atoms with Crippen molar-refractivity contribution in [2.45, 2.75) is 51.5 Å². The summed E-state index contributed by atoms with van der Waals surface area (Å²) in [6.07, 6.45) is 6.78. The van der Waals surface area contributed by atoms with E-state index in [-0.39, 0.29) is 5.54 Å². The first-order valence-corrected chi connectivity index (χ1v) is 7.19. The fourth-order valence-corrected chi connectivity index (χ4v) is 3.76. The average molecular weight is 235 g/mol. The summed E-state index contributed by atoms with van der Waals surface area (Å²) in [6.45, 7) is 6.89. The fraction of sp³-hybridized carbons (Fsp3) is 0.929. The zero-order valence-electron chi connectivity index (χ0n) is 11.2. The van der Waals surface area contributed by atoms with E-state index >= 15 is 0 Å². The summed E-state index contributed by atoms with van der Waals surface area (Å²) < 4.78 is 0. The maximum atomic E-state index is 6.14. The SMILES string of the molecule is CC1CCC(C)C2(CN=C(N)N2CC2CC2)C1. The van der Waals surface area contributed by atoms with Crippen molar-refractivity contribution in [1.29, 1.82) is 0 Å². The Morgan fingerprint density at radius 3 is 2.76 bits per heavy atom. The maximum Gasteiger partial charge on any atom is 0.191 e. The first-order chi connectivity index (χ1) is 8.12. The van der Waals surface area contributed by atoms with Crippen molar-refractivity contribution < 1.29 is 0 Å². The minimum Gasteiger partial charge on any atom is -0.370 e. The lowest BCUT2D eigenvalue weighted by molar-refractivity contribution is 0.0555. The van der Waals surface area contributed by atoms with Gasteiger partial charge in [-0.2, -0.15) is 0 Å². The van der Waals surface area contributed by atoms with Gasteiger partial charge in [-0.3, -0.25) is 4.99 Å². The van der Waals surface area contributed by atoms with Crippen LogP contribution in [0.2, 0.25) is 0 Å². The molecule has 3 rings (SSSR count). The normalized spacial score (nSPS) is 42.0. The summed E-state index contributed by atoms with van der Waals surface area (Å²) in [5.41, 5.74) is 6.41. The van der Waals surface area contributed by atoms with Gasteiger partial charge >= 0.3 is 0 Å². The second kappa shape index (κ2) is 3.89. The van der Waals surface area contributed by atoms with Crippen LogP contribution in [-0.2, 0) is 0 Å². The first-order valence-electron chi connectivity index (χ1n) is 7.19. The lowest BCUT2D eigenvalue weighted by Gasteiger charge is -2.48. The van der Waals surface area contributed by atoms with Gasteiger partial charge in [0.05, 0.1) is 12.1 Å². The van der Waals surface area contributed by atoms with E-state index in [1.165, 1.54) is 32.1 Å². The van der Waals surface area contributed by atoms with Gasteiger partial charge in [0.1, 0.15) is 0 Å². The number of guanidine groups is 1. The Bertz CT molecular complexity index is 334. The Kier molecular flexibility index (Phi) is 2.60. The molecule has 0 aromatic rings. The topological polar surface area (TPSA) is 41.6 Å². The lowest BCUT2D eigenvalue weighted by atomic mass is 9.69. The molecule has 0 bridgehead atoms. The van der Waals surface area contributed by atoms with Crippen LogP contribution in [0.25, 0.3) is 0 Å². The van der Waals surface area contributed by atoms with Gasteiger partial charge in [-0.05, 0) is 43.4 Å². The highest BCUT2D eigenvalue weighted by Gasteiger charge is 2.49. The van der Waals surface area contributed by atoms with Gasteiger partial charge in [-0.15, -0.1) is 0 Å². The smallest absolute Gasteiger partial charge is 0.191 e. The van der Waals surface area contributed by atoms with E-state index in [4.69, 9.17) is 5.73 Å². The van der Waals surface area contributed by atoms with Crippen molar-refractivity contribution in [2.75, 3.05) is 13.1 Å². The number of hydrogen-bond donors (Lipinski definition) is 1. The molecule has 0 radical (unpaired) electrons. The third-order valence-corrected chi connectivity index (χ3v) is 5.18. The minimum absolute atomic E-state index is 0.268. The van der Waals surface area contributed by atoms with Crippen LogP contribution in [-0.4, -0.2) is 29.5 Å². The van der Waals surface area contributed by atoms with Gasteiger partial charge in [0.15, 0.2) is 5.96 Å². The molecule has 0 saturated heterocycles. The second-order valence-corrected chi connectivity index (χ2v) is 6.62. The quantitative estimate of drug-likeness (QED) is 0.797. The largest absolute Gasteiger partial charge is 0.370 e. The van der Waals surface area contributed by atoms with Crippen LogP contribution in [0.15, 0.2) is 4.99 Å². The molecule has 96 valence electrons. The molecule has 2 aliphatic carbocycles. The summed E-state index contributed by atoms with van der Waals surface area (Å²) in [6, 6.07) is 0. The average Bonchev–Trinajstić information content (AvgIpc) is 3.06. The molecule has 2 fully saturated rings. The number of nitrogens with two attached hydrogens (primary N) is 1. The molecule has 3 atom stereocenters. The number of nitrogens with zero attached hydrogens (tertiary/aromatic N) is 2. The summed E-state index contributed by atoms with van der Waals surface area (Å²) in [5, 5.41) is 0. The predicted molar refractivity (Wildman–Crippen MR) is 70.8 cm³/mol. The van der Waals surface area contributed by atoms with Crippen molar-refractivity contribution in [1.82, 2.24) is 4.90 Å². The van der Waals surface area contributed by atoms with Crippen LogP contribution in [0.5, 0.6) is 0 Å². The molecule has 3 unspecified atom stereocenters. The molecule has 2 saturated carbocycles. The summed E-state index contributed by atoms with van der Waals surface area (Å²) in [7, 11) is 0. The van der Waals surface area contributed by atoms with Crippen LogP contribution < -0.4 is 5.73 Å². The van der Waals surface area contributed by atoms with Gasteiger partial charge < -0.3 is 10.6 Å². The van der Waals surface area contributed by atoms with Crippen LogP contribution in [0.3, 0.4) is 0 Å². The number of hydrogen-bond acceptors (Lipinski definition) is 3. The van der Waals surface area contributed by atoms with Gasteiger partial charge in [-0.25, -0.2) is 0 Å². The predicted octanol–water partition coefficient (Wildman–Crippen LogP) is 2.22. The Morgan fingerprint density at radius 1 is 1.29 bits per heavy atom. The third kappa shape index (κ3) is 1.84. The number of aliphatic imine (C=N–C) groups is 1. The van der Waals surface area contributed by atoms with E-state index in [1.807, 2.05) is 0 Å². The molecule has 1 aliphatic heterocycles. The summed E-state index contributed by atoms with van der Waals surface area (Å²) in [4.78, 5) is 7.06. The van der Waals surface area contributed by atoms with E-state index in [0.717, 1.165) is 36.8 Å². The first kappa shape index (κ1) is 11.4. The highest BCUT2D eigenvalue weighted by atomic mass is 15.4. The molecular formula is C14H25N3. The Balaban J connectivity index is 1.83. The zero-order valence-corrected chi connectivity index (χ0v) is 11.2. The van der Waals surface area contributed by atoms with Gasteiger partial charge in [-0.1, -0.05) is 20.3 Å². The van der Waals surface area contributed by atoms with Crippen LogP contribution in [0.4, 0.5) is 0 Å². The van der Waals surface area contributed by atoms with Gasteiger partial charge in [0, 0.05) is 6.54 Å². The zero-order chi connectivity index (χ0) is 12.0. The van der Waals surface area contributed by atoms with E-state index in [9.17, 15) is 0 Å². The van der Waals surface area contributed by atoms with Crippen molar-refractivity contribution in [2.24, 2.45) is 28.5 Å². The maximum absolute atomic E-state index is 6.14. The van der Waals surface area contributed by atoms with Crippen molar-refractivity contribution >= 4 is 5.96 Å². The molecule has 17 heavy (non-hydrogen) atoms. The lowest BCUT2D eigenvalue weighted by Crippen LogP contribution is -2.58. The minimum atomic E-state index is 0.268. The molecule has 0 amide bonds. The Labute approximate surface area is 104 Å². The fourth-order valence-electron chi connectivity index (χ4n) is 3.76. The van der Waals surface area contributed by atoms with Crippen molar-refractivity contribution in [3.63, 3.8) is 0 Å². The monoisotopic (exact) mass is 235 g/mol. The van der Waals surface area contributed by atoms with Crippen LogP contribution >= 0.6 is 0 Å². The van der Waals surface area contributed by atoms with E-state index in [1.54, 1.807) is 0 Å². The molecule has 0 aromatic carbocycles. The second-order valence-electron chi connectivity index (χ2n) is 6.62. The number of rotatable bonds is 2. The van der Waals surface area contributed by atoms with Crippen LogP contribution in [0.1, 0.15) is 46.0 Å². The molecule has 2 N–H and O–H groups in total. The molecular weight excluding hydrogens is 210 g/mol. The summed E-state index contributed by atoms with van der Waals surface area (Å²) in [5.74, 6) is 3.28. The molecule has 1 spiro atoms. The molecule has 1 heterocycles. The van der Waals surface area contributed by atoms with Gasteiger partial charge in [0.25, 0.3) is 0 Å².